The van der Waals surface area contributed by atoms with Crippen molar-refractivity contribution in [1.29, 1.82) is 0 Å². The van der Waals surface area contributed by atoms with Gasteiger partial charge in [-0.15, -0.1) is 0 Å². The van der Waals surface area contributed by atoms with Crippen molar-refractivity contribution < 1.29 is 9.32 Å². The Morgan fingerprint density at radius 3 is 2.59 bits per heavy atom. The normalized spacial score (nSPS) is 12.4. The summed E-state index contributed by atoms with van der Waals surface area (Å²) in [7, 11) is 0. The first-order valence-corrected chi connectivity index (χ1v) is 7.71. The molecule has 5 nitrogen and oxygen atoms in total. The molecule has 0 aliphatic carbocycles. The lowest BCUT2D eigenvalue weighted by molar-refractivity contribution is 0.0914. The van der Waals surface area contributed by atoms with Gasteiger partial charge in [-0.05, 0) is 18.4 Å². The largest absolute Gasteiger partial charge is 0.351 e. The summed E-state index contributed by atoms with van der Waals surface area (Å²) >= 11 is 0. The number of nitrogens with one attached hydrogen (secondary N) is 1. The average molecular weight is 301 g/mol. The molecule has 0 bridgehead atoms. The quantitative estimate of drug-likeness (QED) is 0.823. The van der Waals surface area contributed by atoms with Crippen LogP contribution in [-0.4, -0.2) is 17.6 Å². The molecule has 0 spiro atoms. The first-order valence-electron chi connectivity index (χ1n) is 7.71. The van der Waals surface area contributed by atoms with Crippen LogP contribution in [0.5, 0.6) is 0 Å². The fourth-order valence-electron chi connectivity index (χ4n) is 2.40. The van der Waals surface area contributed by atoms with E-state index in [0.29, 0.717) is 12.5 Å². The first kappa shape index (κ1) is 16.2. The summed E-state index contributed by atoms with van der Waals surface area (Å²) in [5.41, 5.74) is 7.88. The second-order valence-corrected chi connectivity index (χ2v) is 5.36. The van der Waals surface area contributed by atoms with Crippen molar-refractivity contribution in [3.05, 3.63) is 53.4 Å². The zero-order valence-corrected chi connectivity index (χ0v) is 13.1. The van der Waals surface area contributed by atoms with Gasteiger partial charge in [-0.1, -0.05) is 49.3 Å². The zero-order chi connectivity index (χ0) is 15.9. The molecule has 0 radical (unpaired) electrons. The number of amides is 1. The van der Waals surface area contributed by atoms with Crippen LogP contribution in [-0.2, 0) is 0 Å². The molecule has 1 aromatic carbocycles. The number of hydrogen-bond acceptors (Lipinski definition) is 4. The van der Waals surface area contributed by atoms with Gasteiger partial charge < -0.3 is 15.6 Å². The molecule has 3 N–H and O–H groups in total. The number of carbonyl (C=O) groups excluding carboxylic acids is 1. The van der Waals surface area contributed by atoms with Crippen LogP contribution < -0.4 is 11.1 Å². The number of rotatable bonds is 7. The molecule has 0 aliphatic rings. The van der Waals surface area contributed by atoms with Gasteiger partial charge in [0, 0.05) is 24.6 Å². The van der Waals surface area contributed by atoms with Crippen molar-refractivity contribution >= 4 is 5.91 Å². The highest BCUT2D eigenvalue weighted by molar-refractivity contribution is 5.91. The SMILES string of the molecule is CCC(CC)c1cc(C(=O)NCC(N)c2ccccc2)on1. The monoisotopic (exact) mass is 301 g/mol. The van der Waals surface area contributed by atoms with Crippen LogP contribution in [0, 0.1) is 0 Å². The third-order valence-electron chi connectivity index (χ3n) is 3.87. The lowest BCUT2D eigenvalue weighted by atomic mass is 9.99. The van der Waals surface area contributed by atoms with Gasteiger partial charge >= 0.3 is 0 Å². The predicted molar refractivity (Wildman–Crippen MR) is 85.5 cm³/mol. The van der Waals surface area contributed by atoms with Crippen LogP contribution >= 0.6 is 0 Å². The van der Waals surface area contributed by atoms with Crippen molar-refractivity contribution in [3.8, 4) is 0 Å². The Morgan fingerprint density at radius 1 is 1.27 bits per heavy atom. The Labute approximate surface area is 130 Å². The van der Waals surface area contributed by atoms with Gasteiger partial charge in [0.1, 0.15) is 0 Å². The van der Waals surface area contributed by atoms with Crippen LogP contribution in [0.2, 0.25) is 0 Å². The molecule has 2 rings (SSSR count). The molecular formula is C17H23N3O2. The number of carbonyl (C=O) groups is 1. The average Bonchev–Trinajstić information content (AvgIpc) is 3.04. The van der Waals surface area contributed by atoms with Gasteiger partial charge in [-0.25, -0.2) is 0 Å². The second-order valence-electron chi connectivity index (χ2n) is 5.36. The summed E-state index contributed by atoms with van der Waals surface area (Å²) < 4.78 is 5.15. The number of benzene rings is 1. The maximum atomic E-state index is 12.1. The predicted octanol–water partition coefficient (Wildman–Crippen LogP) is 3.01. The van der Waals surface area contributed by atoms with Crippen LogP contribution in [0.4, 0.5) is 0 Å². The third kappa shape index (κ3) is 3.95. The minimum atomic E-state index is -0.281. The number of aromatic nitrogens is 1. The van der Waals surface area contributed by atoms with Gasteiger partial charge in [-0.3, -0.25) is 4.79 Å². The minimum absolute atomic E-state index is 0.238. The smallest absolute Gasteiger partial charge is 0.289 e. The van der Waals surface area contributed by atoms with Crippen molar-refractivity contribution in [3.63, 3.8) is 0 Å². The summed E-state index contributed by atoms with van der Waals surface area (Å²) in [5, 5.41) is 6.79. The second kappa shape index (κ2) is 7.75. The van der Waals surface area contributed by atoms with E-state index in [-0.39, 0.29) is 17.7 Å². The molecule has 118 valence electrons. The number of hydrogen-bond donors (Lipinski definition) is 2. The summed E-state index contributed by atoms with van der Waals surface area (Å²) in [6, 6.07) is 11.1. The molecule has 2 aromatic rings. The zero-order valence-electron chi connectivity index (χ0n) is 13.1. The van der Waals surface area contributed by atoms with E-state index < -0.39 is 0 Å². The molecule has 1 atom stereocenters. The van der Waals surface area contributed by atoms with E-state index in [1.54, 1.807) is 6.07 Å². The number of nitrogens with two attached hydrogens (primary N) is 1. The van der Waals surface area contributed by atoms with E-state index in [1.807, 2.05) is 30.3 Å². The molecule has 0 saturated heterocycles. The summed E-state index contributed by atoms with van der Waals surface area (Å²) in [6.07, 6.45) is 1.95. The van der Waals surface area contributed by atoms with Gasteiger partial charge in [0.25, 0.3) is 5.91 Å². The van der Waals surface area contributed by atoms with Crippen molar-refractivity contribution in [1.82, 2.24) is 10.5 Å². The highest BCUT2D eigenvalue weighted by atomic mass is 16.5. The number of nitrogens with zero attached hydrogens (tertiary/aromatic N) is 1. The van der Waals surface area contributed by atoms with Crippen LogP contribution in [0.25, 0.3) is 0 Å². The lowest BCUT2D eigenvalue weighted by Crippen LogP contribution is -2.31. The van der Waals surface area contributed by atoms with Crippen molar-refractivity contribution in [2.45, 2.75) is 38.6 Å². The maximum absolute atomic E-state index is 12.1. The van der Waals surface area contributed by atoms with Gasteiger partial charge in [-0.2, -0.15) is 0 Å². The standard InChI is InChI=1S/C17H23N3O2/c1-3-12(4-2)15-10-16(22-20-15)17(21)19-11-14(18)13-8-6-5-7-9-13/h5-10,12,14H,3-4,11,18H2,1-2H3,(H,19,21). The summed E-state index contributed by atoms with van der Waals surface area (Å²) in [6.45, 7) is 4.55. The van der Waals surface area contributed by atoms with Gasteiger partial charge in [0.15, 0.2) is 0 Å². The highest BCUT2D eigenvalue weighted by Crippen LogP contribution is 2.22. The van der Waals surface area contributed by atoms with E-state index in [1.165, 1.54) is 0 Å². The Morgan fingerprint density at radius 2 is 1.95 bits per heavy atom. The Kier molecular flexibility index (Phi) is 5.72. The van der Waals surface area contributed by atoms with Crippen LogP contribution in [0.3, 0.4) is 0 Å². The van der Waals surface area contributed by atoms with E-state index in [0.717, 1.165) is 24.1 Å². The molecule has 1 amide bonds. The van der Waals surface area contributed by atoms with Crippen molar-refractivity contribution in [2.24, 2.45) is 5.73 Å². The van der Waals surface area contributed by atoms with Gasteiger partial charge in [0.05, 0.1) is 5.69 Å². The van der Waals surface area contributed by atoms with E-state index >= 15 is 0 Å². The van der Waals surface area contributed by atoms with Crippen LogP contribution in [0.1, 0.15) is 60.5 Å². The molecule has 22 heavy (non-hydrogen) atoms. The molecule has 0 aliphatic heterocycles. The first-order chi connectivity index (χ1) is 10.7. The Hall–Kier alpha value is -2.14. The topological polar surface area (TPSA) is 81.2 Å². The molecule has 1 aromatic heterocycles. The Balaban J connectivity index is 1.92. The molecule has 0 fully saturated rings. The van der Waals surface area contributed by atoms with Crippen LogP contribution in [0.15, 0.2) is 40.9 Å². The molecule has 0 saturated carbocycles. The van der Waals surface area contributed by atoms with E-state index in [2.05, 4.69) is 24.3 Å². The van der Waals surface area contributed by atoms with Crippen molar-refractivity contribution in [2.75, 3.05) is 6.54 Å². The van der Waals surface area contributed by atoms with E-state index in [9.17, 15) is 4.79 Å². The molecule has 1 unspecified atom stereocenters. The molecule has 5 heteroatoms. The lowest BCUT2D eigenvalue weighted by Gasteiger charge is -2.12. The minimum Gasteiger partial charge on any atom is -0.351 e. The summed E-state index contributed by atoms with van der Waals surface area (Å²) in [5.74, 6) is 0.287. The fourth-order valence-corrected chi connectivity index (χ4v) is 2.40. The summed E-state index contributed by atoms with van der Waals surface area (Å²) in [4.78, 5) is 12.1. The van der Waals surface area contributed by atoms with E-state index in [4.69, 9.17) is 10.3 Å². The highest BCUT2D eigenvalue weighted by Gasteiger charge is 2.18. The molecule has 1 heterocycles. The fraction of sp³-hybridized carbons (Fsp3) is 0.412. The third-order valence-corrected chi connectivity index (χ3v) is 3.87. The van der Waals surface area contributed by atoms with Gasteiger partial charge in [0.2, 0.25) is 5.76 Å². The molecular weight excluding hydrogens is 278 g/mol. The Bertz CT molecular complexity index is 591. The maximum Gasteiger partial charge on any atom is 0.289 e.